The zero-order valence-corrected chi connectivity index (χ0v) is 11.2. The molecule has 0 saturated carbocycles. The minimum Gasteiger partial charge on any atom is -0.378 e. The van der Waals surface area contributed by atoms with Gasteiger partial charge < -0.3 is 9.88 Å². The molecule has 1 N–H and O–H groups in total. The normalized spacial score (nSPS) is 11.1. The first kappa shape index (κ1) is 11.2. The van der Waals surface area contributed by atoms with Crippen LogP contribution in [0.1, 0.15) is 5.69 Å². The Kier molecular flexibility index (Phi) is 2.52. The second kappa shape index (κ2) is 4.06. The van der Waals surface area contributed by atoms with E-state index in [2.05, 4.69) is 24.2 Å². The molecule has 0 spiro atoms. The summed E-state index contributed by atoms with van der Waals surface area (Å²) in [5, 5.41) is 4.21. The quantitative estimate of drug-likeness (QED) is 0.768. The number of hydrogen-bond acceptors (Lipinski definition) is 5. The van der Waals surface area contributed by atoms with Gasteiger partial charge in [0.1, 0.15) is 10.8 Å². The number of fused-ring (bicyclic) bond motifs is 1. The van der Waals surface area contributed by atoms with Crippen LogP contribution in [0.25, 0.3) is 22.4 Å². The molecule has 0 atom stereocenters. The molecule has 0 aliphatic heterocycles. The van der Waals surface area contributed by atoms with Gasteiger partial charge in [0.25, 0.3) is 0 Å². The van der Waals surface area contributed by atoms with Crippen LogP contribution in [0.5, 0.6) is 0 Å². The van der Waals surface area contributed by atoms with Crippen LogP contribution in [-0.4, -0.2) is 26.0 Å². The summed E-state index contributed by atoms with van der Waals surface area (Å²) in [6.45, 7) is 2.00. The largest absolute Gasteiger partial charge is 0.378 e. The lowest BCUT2D eigenvalue weighted by Crippen LogP contribution is -1.96. The van der Waals surface area contributed by atoms with Crippen LogP contribution >= 0.6 is 11.5 Å². The molecule has 3 rings (SSSR count). The summed E-state index contributed by atoms with van der Waals surface area (Å²) in [6, 6.07) is 1.92. The van der Waals surface area contributed by atoms with Crippen molar-refractivity contribution in [1.82, 2.24) is 18.9 Å². The van der Waals surface area contributed by atoms with Gasteiger partial charge in [-0.05, 0) is 24.5 Å². The summed E-state index contributed by atoms with van der Waals surface area (Å²) in [6.07, 6.45) is 3.59. The Morgan fingerprint density at radius 1 is 1.39 bits per heavy atom. The van der Waals surface area contributed by atoms with Crippen molar-refractivity contribution in [2.75, 3.05) is 12.4 Å². The third-order valence-electron chi connectivity index (χ3n) is 3.00. The Hall–Kier alpha value is -1.95. The topological polar surface area (TPSA) is 55.6 Å². The van der Waals surface area contributed by atoms with Crippen molar-refractivity contribution >= 4 is 27.6 Å². The number of pyridine rings is 1. The molecule has 5 nitrogen and oxygen atoms in total. The number of aromatic nitrogens is 4. The number of aryl methyl sites for hydroxylation is 2. The van der Waals surface area contributed by atoms with Gasteiger partial charge in [-0.15, -0.1) is 0 Å². The van der Waals surface area contributed by atoms with E-state index in [9.17, 15) is 0 Å². The summed E-state index contributed by atoms with van der Waals surface area (Å²) in [5.41, 5.74) is 4.05. The van der Waals surface area contributed by atoms with Crippen LogP contribution in [-0.2, 0) is 7.05 Å². The number of hydrogen-bond donors (Lipinski definition) is 1. The van der Waals surface area contributed by atoms with Gasteiger partial charge in [-0.2, -0.15) is 4.37 Å². The van der Waals surface area contributed by atoms with Gasteiger partial charge in [-0.25, -0.2) is 4.98 Å². The molecule has 0 radical (unpaired) electrons. The van der Waals surface area contributed by atoms with Crippen molar-refractivity contribution in [2.45, 2.75) is 6.92 Å². The van der Waals surface area contributed by atoms with Gasteiger partial charge in [0, 0.05) is 20.3 Å². The van der Waals surface area contributed by atoms with Crippen molar-refractivity contribution < 1.29 is 0 Å². The maximum atomic E-state index is 4.67. The van der Waals surface area contributed by atoms with Crippen LogP contribution < -0.4 is 5.32 Å². The lowest BCUT2D eigenvalue weighted by atomic mass is 10.2. The molecule has 92 valence electrons. The summed E-state index contributed by atoms with van der Waals surface area (Å²) < 4.78 is 6.44. The van der Waals surface area contributed by atoms with E-state index in [0.29, 0.717) is 0 Å². The highest BCUT2D eigenvalue weighted by molar-refractivity contribution is 7.10. The molecule has 18 heavy (non-hydrogen) atoms. The van der Waals surface area contributed by atoms with Crippen LogP contribution in [0.2, 0.25) is 0 Å². The average molecular weight is 259 g/mol. The molecule has 0 aliphatic carbocycles. The number of nitrogens with one attached hydrogen (secondary N) is 1. The van der Waals surface area contributed by atoms with E-state index in [1.165, 1.54) is 11.5 Å². The van der Waals surface area contributed by atoms with Crippen molar-refractivity contribution in [1.29, 1.82) is 0 Å². The third kappa shape index (κ3) is 1.49. The SMILES string of the molecule is CNc1snc(C)c1-c1nc2ccncc2n1C. The number of rotatable bonds is 2. The van der Waals surface area contributed by atoms with Crippen molar-refractivity contribution in [3.63, 3.8) is 0 Å². The molecule has 0 aromatic carbocycles. The summed E-state index contributed by atoms with van der Waals surface area (Å²) in [7, 11) is 3.91. The maximum Gasteiger partial charge on any atom is 0.145 e. The Balaban J connectivity index is 2.31. The Labute approximate surface area is 109 Å². The zero-order chi connectivity index (χ0) is 12.7. The smallest absolute Gasteiger partial charge is 0.145 e. The van der Waals surface area contributed by atoms with Crippen LogP contribution in [0.4, 0.5) is 5.00 Å². The van der Waals surface area contributed by atoms with Gasteiger partial charge in [-0.3, -0.25) is 4.98 Å². The van der Waals surface area contributed by atoms with Gasteiger partial charge >= 0.3 is 0 Å². The van der Waals surface area contributed by atoms with Gasteiger partial charge in [0.05, 0.1) is 28.5 Å². The monoisotopic (exact) mass is 259 g/mol. The highest BCUT2D eigenvalue weighted by Crippen LogP contribution is 2.34. The number of nitrogens with zero attached hydrogens (tertiary/aromatic N) is 4. The lowest BCUT2D eigenvalue weighted by molar-refractivity contribution is 0.954. The van der Waals surface area contributed by atoms with E-state index >= 15 is 0 Å². The molecule has 3 aromatic heterocycles. The molecular formula is C12H13N5S. The molecule has 0 unspecified atom stereocenters. The molecule has 0 aliphatic rings. The first-order valence-electron chi connectivity index (χ1n) is 5.63. The molecule has 0 amide bonds. The summed E-state index contributed by atoms with van der Waals surface area (Å²) in [4.78, 5) is 8.82. The Morgan fingerprint density at radius 3 is 2.94 bits per heavy atom. The summed E-state index contributed by atoms with van der Waals surface area (Å²) >= 11 is 1.46. The predicted molar refractivity (Wildman–Crippen MR) is 73.9 cm³/mol. The van der Waals surface area contributed by atoms with Crippen molar-refractivity contribution in [3.8, 4) is 11.4 Å². The van der Waals surface area contributed by atoms with E-state index in [4.69, 9.17) is 0 Å². The fourth-order valence-corrected chi connectivity index (χ4v) is 2.80. The van der Waals surface area contributed by atoms with Crippen molar-refractivity contribution in [2.24, 2.45) is 7.05 Å². The molecule has 3 heterocycles. The van der Waals surface area contributed by atoms with E-state index in [1.54, 1.807) is 6.20 Å². The predicted octanol–water partition coefficient (Wildman–Crippen LogP) is 2.44. The number of anilines is 1. The Bertz CT molecular complexity index is 712. The maximum absolute atomic E-state index is 4.67. The number of imidazole rings is 1. The minimum atomic E-state index is 0.925. The molecule has 0 bridgehead atoms. The molecule has 0 fully saturated rings. The summed E-state index contributed by atoms with van der Waals surface area (Å²) in [5.74, 6) is 0.925. The third-order valence-corrected chi connectivity index (χ3v) is 3.95. The van der Waals surface area contributed by atoms with Crippen LogP contribution in [0.15, 0.2) is 18.5 Å². The highest BCUT2D eigenvalue weighted by atomic mass is 32.1. The fourth-order valence-electron chi connectivity index (χ4n) is 2.06. The molecule has 0 saturated heterocycles. The lowest BCUT2D eigenvalue weighted by Gasteiger charge is -2.04. The van der Waals surface area contributed by atoms with Gasteiger partial charge in [0.2, 0.25) is 0 Å². The van der Waals surface area contributed by atoms with E-state index in [0.717, 1.165) is 33.1 Å². The Morgan fingerprint density at radius 2 is 2.22 bits per heavy atom. The first-order chi connectivity index (χ1) is 8.72. The standard InChI is InChI=1S/C12H13N5S/c1-7-10(12(13-2)18-16-7)11-15-8-4-5-14-6-9(8)17(11)3/h4-6,13H,1-3H3. The van der Waals surface area contributed by atoms with Crippen LogP contribution in [0, 0.1) is 6.92 Å². The first-order valence-corrected chi connectivity index (χ1v) is 6.40. The fraction of sp³-hybridized carbons (Fsp3) is 0.250. The second-order valence-electron chi connectivity index (χ2n) is 4.08. The van der Waals surface area contributed by atoms with E-state index < -0.39 is 0 Å². The minimum absolute atomic E-state index is 0.925. The van der Waals surface area contributed by atoms with E-state index in [1.807, 2.05) is 33.3 Å². The highest BCUT2D eigenvalue weighted by Gasteiger charge is 2.18. The van der Waals surface area contributed by atoms with Crippen LogP contribution in [0.3, 0.4) is 0 Å². The van der Waals surface area contributed by atoms with E-state index in [-0.39, 0.29) is 0 Å². The molecular weight excluding hydrogens is 246 g/mol. The molecule has 3 aromatic rings. The van der Waals surface area contributed by atoms with Gasteiger partial charge in [0.15, 0.2) is 0 Å². The molecule has 6 heteroatoms. The van der Waals surface area contributed by atoms with Gasteiger partial charge in [-0.1, -0.05) is 0 Å². The average Bonchev–Trinajstić information content (AvgIpc) is 2.91. The van der Waals surface area contributed by atoms with Crippen molar-refractivity contribution in [3.05, 3.63) is 24.2 Å². The zero-order valence-electron chi connectivity index (χ0n) is 10.4. The second-order valence-corrected chi connectivity index (χ2v) is 4.85.